The molecule has 154 valence electrons. The van der Waals surface area contributed by atoms with Crippen LogP contribution in [-0.4, -0.2) is 41.4 Å². The highest BCUT2D eigenvalue weighted by molar-refractivity contribution is 6.25. The second kappa shape index (κ2) is 7.70. The number of anilines is 1. The molecule has 2 aromatic carbocycles. The van der Waals surface area contributed by atoms with Gasteiger partial charge in [-0.15, -0.1) is 0 Å². The highest BCUT2D eigenvalue weighted by Crippen LogP contribution is 2.32. The summed E-state index contributed by atoms with van der Waals surface area (Å²) in [5, 5.41) is 12.0. The number of hydrogen-bond donors (Lipinski definition) is 1. The molecule has 0 aliphatic carbocycles. The van der Waals surface area contributed by atoms with E-state index in [2.05, 4.69) is 15.7 Å². The third-order valence-corrected chi connectivity index (χ3v) is 5.24. The lowest BCUT2D eigenvalue weighted by Gasteiger charge is -2.20. The molecule has 1 N–H and O–H groups in total. The van der Waals surface area contributed by atoms with Gasteiger partial charge in [0.2, 0.25) is 5.91 Å². The zero-order valence-corrected chi connectivity index (χ0v) is 17.1. The van der Waals surface area contributed by atoms with Gasteiger partial charge in [0, 0.05) is 6.54 Å². The van der Waals surface area contributed by atoms with Crippen molar-refractivity contribution in [1.29, 1.82) is 0 Å². The normalized spacial score (nSPS) is 20.1. The summed E-state index contributed by atoms with van der Waals surface area (Å²) >= 11 is 0. The Morgan fingerprint density at radius 2 is 1.63 bits per heavy atom. The van der Waals surface area contributed by atoms with Crippen molar-refractivity contribution in [2.75, 3.05) is 11.4 Å². The first-order valence-electron chi connectivity index (χ1n) is 9.79. The fourth-order valence-corrected chi connectivity index (χ4v) is 3.80. The van der Waals surface area contributed by atoms with Gasteiger partial charge in [0.15, 0.2) is 12.1 Å². The minimum Gasteiger partial charge on any atom is -0.350 e. The fourth-order valence-electron chi connectivity index (χ4n) is 3.80. The summed E-state index contributed by atoms with van der Waals surface area (Å²) in [5.41, 5.74) is 4.55. The van der Waals surface area contributed by atoms with E-state index in [1.54, 1.807) is 12.1 Å². The zero-order chi connectivity index (χ0) is 21.4. The second-order valence-corrected chi connectivity index (χ2v) is 7.81. The van der Waals surface area contributed by atoms with Crippen molar-refractivity contribution in [3.05, 3.63) is 64.7 Å². The standard InChI is InChI=1S/C22H23N5O3/c1-13-4-6-16(7-5-13)11-23-18(28)12-26-20-19(24-25-26)21(29)27(22(20)30)17-9-14(2)8-15(3)10-17/h4-10,19-20H,11-12H2,1-3H3,(H,23,28)/t19-,20-/m0/s1. The van der Waals surface area contributed by atoms with Crippen LogP contribution in [0, 0.1) is 20.8 Å². The molecule has 0 spiro atoms. The number of hydrogen-bond acceptors (Lipinski definition) is 6. The Bertz CT molecular complexity index is 1030. The van der Waals surface area contributed by atoms with Gasteiger partial charge in [-0.05, 0) is 49.6 Å². The molecule has 1 saturated heterocycles. The van der Waals surface area contributed by atoms with Crippen molar-refractivity contribution in [3.8, 4) is 0 Å². The molecule has 2 aromatic rings. The van der Waals surface area contributed by atoms with Gasteiger partial charge in [-0.1, -0.05) is 41.1 Å². The van der Waals surface area contributed by atoms with Crippen LogP contribution in [0.5, 0.6) is 0 Å². The third kappa shape index (κ3) is 3.68. The van der Waals surface area contributed by atoms with Crippen LogP contribution in [0.4, 0.5) is 5.69 Å². The number of aryl methyl sites for hydroxylation is 3. The number of rotatable bonds is 5. The van der Waals surface area contributed by atoms with E-state index < -0.39 is 23.9 Å². The van der Waals surface area contributed by atoms with E-state index in [9.17, 15) is 14.4 Å². The maximum Gasteiger partial charge on any atom is 0.263 e. The van der Waals surface area contributed by atoms with E-state index in [4.69, 9.17) is 0 Å². The molecule has 0 unspecified atom stereocenters. The highest BCUT2D eigenvalue weighted by atomic mass is 16.2. The van der Waals surface area contributed by atoms with Crippen molar-refractivity contribution in [2.24, 2.45) is 10.3 Å². The Kier molecular flexibility index (Phi) is 5.07. The molecule has 8 heteroatoms. The molecular formula is C22H23N5O3. The van der Waals surface area contributed by atoms with E-state index in [-0.39, 0.29) is 12.5 Å². The number of carbonyl (C=O) groups is 3. The van der Waals surface area contributed by atoms with E-state index in [1.807, 2.05) is 51.1 Å². The second-order valence-electron chi connectivity index (χ2n) is 7.81. The first-order chi connectivity index (χ1) is 14.3. The lowest BCUT2D eigenvalue weighted by atomic mass is 10.1. The van der Waals surface area contributed by atoms with E-state index in [0.29, 0.717) is 12.2 Å². The van der Waals surface area contributed by atoms with Crippen molar-refractivity contribution < 1.29 is 14.4 Å². The minimum atomic E-state index is -0.914. The molecule has 2 aliphatic rings. The Hall–Kier alpha value is -3.55. The Morgan fingerprint density at radius 3 is 2.30 bits per heavy atom. The molecule has 2 aliphatic heterocycles. The third-order valence-electron chi connectivity index (χ3n) is 5.24. The molecule has 0 bridgehead atoms. The van der Waals surface area contributed by atoms with Crippen LogP contribution in [0.2, 0.25) is 0 Å². The topological polar surface area (TPSA) is 94.4 Å². The maximum absolute atomic E-state index is 13.0. The van der Waals surface area contributed by atoms with Crippen LogP contribution in [0.1, 0.15) is 22.3 Å². The van der Waals surface area contributed by atoms with Crippen molar-refractivity contribution in [3.63, 3.8) is 0 Å². The fraction of sp³-hybridized carbons (Fsp3) is 0.318. The highest BCUT2D eigenvalue weighted by Gasteiger charge is 2.55. The molecule has 0 saturated carbocycles. The summed E-state index contributed by atoms with van der Waals surface area (Å²) in [6.07, 6.45) is 0. The van der Waals surface area contributed by atoms with Gasteiger partial charge in [-0.2, -0.15) is 5.11 Å². The summed E-state index contributed by atoms with van der Waals surface area (Å²) in [6.45, 7) is 6.05. The predicted molar refractivity (Wildman–Crippen MR) is 111 cm³/mol. The molecule has 1 fully saturated rings. The van der Waals surface area contributed by atoms with E-state index >= 15 is 0 Å². The Morgan fingerprint density at radius 1 is 0.967 bits per heavy atom. The SMILES string of the molecule is Cc1ccc(CNC(=O)CN2N=N[C@@H]3C(=O)N(c4cc(C)cc(C)c4)C(=O)[C@H]32)cc1. The number of benzene rings is 2. The van der Waals surface area contributed by atoms with Crippen LogP contribution in [-0.2, 0) is 20.9 Å². The number of carbonyl (C=O) groups excluding carboxylic acids is 3. The predicted octanol–water partition coefficient (Wildman–Crippen LogP) is 2.22. The number of nitrogens with zero attached hydrogens (tertiary/aromatic N) is 4. The van der Waals surface area contributed by atoms with Crippen LogP contribution in [0.15, 0.2) is 52.8 Å². The molecule has 4 rings (SSSR count). The summed E-state index contributed by atoms with van der Waals surface area (Å²) < 4.78 is 0. The summed E-state index contributed by atoms with van der Waals surface area (Å²) in [7, 11) is 0. The molecule has 2 atom stereocenters. The average molecular weight is 405 g/mol. The zero-order valence-electron chi connectivity index (χ0n) is 17.1. The van der Waals surface area contributed by atoms with Gasteiger partial charge in [0.1, 0.15) is 6.54 Å². The molecule has 2 heterocycles. The quantitative estimate of drug-likeness (QED) is 0.772. The molecule has 3 amide bonds. The monoisotopic (exact) mass is 405 g/mol. The van der Waals surface area contributed by atoms with Gasteiger partial charge in [0.25, 0.3) is 11.8 Å². The molecular weight excluding hydrogens is 382 g/mol. The van der Waals surface area contributed by atoms with Crippen LogP contribution >= 0.6 is 0 Å². The lowest BCUT2D eigenvalue weighted by Crippen LogP contribution is -2.44. The maximum atomic E-state index is 13.0. The smallest absolute Gasteiger partial charge is 0.263 e. The molecule has 0 aromatic heterocycles. The van der Waals surface area contributed by atoms with Gasteiger partial charge >= 0.3 is 0 Å². The van der Waals surface area contributed by atoms with Gasteiger partial charge in [0.05, 0.1) is 5.69 Å². The number of amides is 3. The summed E-state index contributed by atoms with van der Waals surface area (Å²) in [6, 6.07) is 11.6. The first-order valence-corrected chi connectivity index (χ1v) is 9.79. The Labute approximate surface area is 174 Å². The summed E-state index contributed by atoms with van der Waals surface area (Å²) in [5.74, 6) is -1.12. The van der Waals surface area contributed by atoms with Crippen LogP contribution < -0.4 is 10.2 Å². The number of nitrogens with one attached hydrogen (secondary N) is 1. The van der Waals surface area contributed by atoms with Crippen LogP contribution in [0.25, 0.3) is 0 Å². The van der Waals surface area contributed by atoms with Crippen molar-refractivity contribution in [2.45, 2.75) is 39.4 Å². The van der Waals surface area contributed by atoms with Gasteiger partial charge in [-0.25, -0.2) is 4.90 Å². The van der Waals surface area contributed by atoms with Crippen molar-refractivity contribution in [1.82, 2.24) is 10.3 Å². The van der Waals surface area contributed by atoms with Crippen LogP contribution in [0.3, 0.4) is 0 Å². The minimum absolute atomic E-state index is 0.143. The lowest BCUT2D eigenvalue weighted by molar-refractivity contribution is -0.125. The number of imide groups is 1. The number of fused-ring (bicyclic) bond motifs is 1. The van der Waals surface area contributed by atoms with Crippen molar-refractivity contribution >= 4 is 23.4 Å². The van der Waals surface area contributed by atoms with E-state index in [0.717, 1.165) is 27.2 Å². The van der Waals surface area contributed by atoms with E-state index in [1.165, 1.54) is 5.01 Å². The Balaban J connectivity index is 1.44. The van der Waals surface area contributed by atoms with Gasteiger partial charge in [-0.3, -0.25) is 19.4 Å². The molecule has 8 nitrogen and oxygen atoms in total. The first kappa shape index (κ1) is 19.8. The summed E-state index contributed by atoms with van der Waals surface area (Å²) in [4.78, 5) is 39.4. The molecule has 0 radical (unpaired) electrons. The average Bonchev–Trinajstić information content (AvgIpc) is 3.20. The molecule has 30 heavy (non-hydrogen) atoms. The largest absolute Gasteiger partial charge is 0.350 e. The van der Waals surface area contributed by atoms with Gasteiger partial charge < -0.3 is 5.32 Å².